The van der Waals surface area contributed by atoms with Crippen molar-refractivity contribution < 1.29 is 10.2 Å². The Morgan fingerprint density at radius 1 is 1.35 bits per heavy atom. The summed E-state index contributed by atoms with van der Waals surface area (Å²) < 4.78 is 0. The largest absolute Gasteiger partial charge is 0.508 e. The van der Waals surface area contributed by atoms with Gasteiger partial charge in [0, 0.05) is 32.1 Å². The smallest absolute Gasteiger partial charge is 0.115 e. The summed E-state index contributed by atoms with van der Waals surface area (Å²) in [7, 11) is 0. The third-order valence-corrected chi connectivity index (χ3v) is 2.95. The molecule has 1 aliphatic rings. The fraction of sp³-hybridized carbons (Fsp3) is 0.500. The molecule has 1 aromatic carbocycles. The number of β-amino-alcohol motifs (C(OH)–C–C–N with tert-alkyl or cyclic N) is 1. The summed E-state index contributed by atoms with van der Waals surface area (Å²) in [6.07, 6.45) is -0.239. The Morgan fingerprint density at radius 2 is 2.18 bits per heavy atom. The molecule has 0 aliphatic carbocycles. The molecule has 2 unspecified atom stereocenters. The first-order chi connectivity index (χ1) is 7.75. The maximum Gasteiger partial charge on any atom is 0.115 e. The molecular formula is C12H19ClN2O2. The summed E-state index contributed by atoms with van der Waals surface area (Å²) in [5.74, 6) is 0.583. The van der Waals surface area contributed by atoms with Crippen LogP contribution >= 0.6 is 12.4 Å². The third-order valence-electron chi connectivity index (χ3n) is 2.95. The van der Waals surface area contributed by atoms with Gasteiger partial charge in [-0.15, -0.1) is 12.4 Å². The standard InChI is InChI=1S/C12H18N2O2.ClH/c15-11-3-1-2-9(4-11)5-13-6-10-7-14-8-12(10)16;/h1-4,10,12-16H,5-8H2;1H. The van der Waals surface area contributed by atoms with E-state index in [0.29, 0.717) is 12.3 Å². The number of aliphatic hydroxyl groups is 1. The van der Waals surface area contributed by atoms with Crippen molar-refractivity contribution in [2.24, 2.45) is 5.92 Å². The summed E-state index contributed by atoms with van der Waals surface area (Å²) in [4.78, 5) is 0. The molecule has 0 bridgehead atoms. The zero-order chi connectivity index (χ0) is 11.4. The normalized spacial score (nSPS) is 23.4. The highest BCUT2D eigenvalue weighted by Gasteiger charge is 2.23. The minimum Gasteiger partial charge on any atom is -0.508 e. The predicted octanol–water partition coefficient (Wildman–Crippen LogP) is 0.484. The molecular weight excluding hydrogens is 240 g/mol. The van der Waals surface area contributed by atoms with Gasteiger partial charge in [0.25, 0.3) is 0 Å². The van der Waals surface area contributed by atoms with Crippen molar-refractivity contribution in [1.29, 1.82) is 0 Å². The Labute approximate surface area is 107 Å². The zero-order valence-corrected chi connectivity index (χ0v) is 10.4. The molecule has 17 heavy (non-hydrogen) atoms. The van der Waals surface area contributed by atoms with Gasteiger partial charge in [-0.25, -0.2) is 0 Å². The van der Waals surface area contributed by atoms with Crippen molar-refractivity contribution in [2.75, 3.05) is 19.6 Å². The van der Waals surface area contributed by atoms with E-state index in [2.05, 4.69) is 10.6 Å². The molecule has 0 spiro atoms. The molecule has 96 valence electrons. The van der Waals surface area contributed by atoms with E-state index >= 15 is 0 Å². The van der Waals surface area contributed by atoms with Crippen LogP contribution in [0.25, 0.3) is 0 Å². The minimum absolute atomic E-state index is 0. The number of aromatic hydroxyl groups is 1. The highest BCUT2D eigenvalue weighted by atomic mass is 35.5. The molecule has 4 nitrogen and oxygen atoms in total. The van der Waals surface area contributed by atoms with E-state index in [1.807, 2.05) is 12.1 Å². The van der Waals surface area contributed by atoms with Gasteiger partial charge in [-0.1, -0.05) is 12.1 Å². The van der Waals surface area contributed by atoms with Crippen molar-refractivity contribution in [3.63, 3.8) is 0 Å². The molecule has 1 fully saturated rings. The van der Waals surface area contributed by atoms with Crippen LogP contribution in [0.2, 0.25) is 0 Å². The van der Waals surface area contributed by atoms with E-state index in [9.17, 15) is 10.2 Å². The summed E-state index contributed by atoms with van der Waals surface area (Å²) >= 11 is 0. The van der Waals surface area contributed by atoms with Crippen molar-refractivity contribution in [3.05, 3.63) is 29.8 Å². The second-order valence-electron chi connectivity index (χ2n) is 4.29. The summed E-state index contributed by atoms with van der Waals surface area (Å²) in [6, 6.07) is 7.21. The summed E-state index contributed by atoms with van der Waals surface area (Å²) in [5, 5.41) is 25.3. The second kappa shape index (κ2) is 6.81. The second-order valence-corrected chi connectivity index (χ2v) is 4.29. The van der Waals surface area contributed by atoms with Crippen molar-refractivity contribution in [1.82, 2.24) is 10.6 Å². The molecule has 1 aliphatic heterocycles. The highest BCUT2D eigenvalue weighted by molar-refractivity contribution is 5.85. The molecule has 0 radical (unpaired) electrons. The van der Waals surface area contributed by atoms with Gasteiger partial charge < -0.3 is 20.8 Å². The maximum atomic E-state index is 9.59. The van der Waals surface area contributed by atoms with Crippen LogP contribution in [0.1, 0.15) is 5.56 Å². The van der Waals surface area contributed by atoms with Crippen LogP contribution in [0.4, 0.5) is 0 Å². The lowest BCUT2D eigenvalue weighted by atomic mass is 10.1. The van der Waals surface area contributed by atoms with Gasteiger partial charge in [-0.05, 0) is 17.7 Å². The molecule has 2 atom stereocenters. The summed E-state index contributed by atoms with van der Waals surface area (Å²) in [6.45, 7) is 3.08. The molecule has 0 amide bonds. The number of benzene rings is 1. The van der Waals surface area contributed by atoms with Crippen LogP contribution in [0.3, 0.4) is 0 Å². The minimum atomic E-state index is -0.239. The van der Waals surface area contributed by atoms with E-state index in [-0.39, 0.29) is 24.4 Å². The monoisotopic (exact) mass is 258 g/mol. The Balaban J connectivity index is 0.00000144. The molecule has 1 saturated heterocycles. The molecule has 0 aromatic heterocycles. The Bertz CT molecular complexity index is 349. The van der Waals surface area contributed by atoms with E-state index < -0.39 is 0 Å². The van der Waals surface area contributed by atoms with E-state index in [4.69, 9.17) is 0 Å². The van der Waals surface area contributed by atoms with Crippen LogP contribution in [0.15, 0.2) is 24.3 Å². The molecule has 0 saturated carbocycles. The molecule has 1 heterocycles. The number of phenolic OH excluding ortho intramolecular Hbond substituents is 1. The number of hydrogen-bond donors (Lipinski definition) is 4. The van der Waals surface area contributed by atoms with E-state index in [1.54, 1.807) is 12.1 Å². The lowest BCUT2D eigenvalue weighted by molar-refractivity contribution is 0.146. The number of aliphatic hydroxyl groups excluding tert-OH is 1. The van der Waals surface area contributed by atoms with Gasteiger partial charge >= 0.3 is 0 Å². The quantitative estimate of drug-likeness (QED) is 0.635. The Hall–Kier alpha value is -0.810. The maximum absolute atomic E-state index is 9.59. The van der Waals surface area contributed by atoms with Crippen molar-refractivity contribution in [3.8, 4) is 5.75 Å². The van der Waals surface area contributed by atoms with Gasteiger partial charge in [0.1, 0.15) is 5.75 Å². The predicted molar refractivity (Wildman–Crippen MR) is 69.4 cm³/mol. The highest BCUT2D eigenvalue weighted by Crippen LogP contribution is 2.11. The van der Waals surface area contributed by atoms with Gasteiger partial charge in [0.2, 0.25) is 0 Å². The van der Waals surface area contributed by atoms with Crippen molar-refractivity contribution >= 4 is 12.4 Å². The van der Waals surface area contributed by atoms with Crippen LogP contribution < -0.4 is 10.6 Å². The van der Waals surface area contributed by atoms with Gasteiger partial charge in [-0.2, -0.15) is 0 Å². The number of hydrogen-bond acceptors (Lipinski definition) is 4. The Morgan fingerprint density at radius 3 is 2.82 bits per heavy atom. The summed E-state index contributed by atoms with van der Waals surface area (Å²) in [5.41, 5.74) is 1.06. The van der Waals surface area contributed by atoms with Crippen LogP contribution in [0, 0.1) is 5.92 Å². The van der Waals surface area contributed by atoms with Crippen LogP contribution in [0.5, 0.6) is 5.75 Å². The van der Waals surface area contributed by atoms with Crippen LogP contribution in [-0.2, 0) is 6.54 Å². The number of phenols is 1. The fourth-order valence-corrected chi connectivity index (χ4v) is 2.00. The van der Waals surface area contributed by atoms with E-state index in [1.165, 1.54) is 0 Å². The van der Waals surface area contributed by atoms with Gasteiger partial charge in [0.15, 0.2) is 0 Å². The number of nitrogens with one attached hydrogen (secondary N) is 2. The van der Waals surface area contributed by atoms with Crippen LogP contribution in [-0.4, -0.2) is 36.0 Å². The topological polar surface area (TPSA) is 64.5 Å². The van der Waals surface area contributed by atoms with Gasteiger partial charge in [0.05, 0.1) is 6.10 Å². The molecule has 4 N–H and O–H groups in total. The SMILES string of the molecule is Cl.Oc1cccc(CNCC2CNCC2O)c1. The first-order valence-corrected chi connectivity index (χ1v) is 5.63. The third kappa shape index (κ3) is 4.16. The molecule has 2 rings (SSSR count). The van der Waals surface area contributed by atoms with Gasteiger partial charge in [-0.3, -0.25) is 0 Å². The lowest BCUT2D eigenvalue weighted by Gasteiger charge is -2.14. The average molecular weight is 259 g/mol. The molecule has 1 aromatic rings. The zero-order valence-electron chi connectivity index (χ0n) is 9.60. The fourth-order valence-electron chi connectivity index (χ4n) is 2.00. The van der Waals surface area contributed by atoms with Crippen molar-refractivity contribution in [2.45, 2.75) is 12.6 Å². The van der Waals surface area contributed by atoms with E-state index in [0.717, 1.165) is 25.2 Å². The number of halogens is 1. The first-order valence-electron chi connectivity index (χ1n) is 5.63. The number of rotatable bonds is 4. The first kappa shape index (κ1) is 14.3. The lowest BCUT2D eigenvalue weighted by Crippen LogP contribution is -2.30. The average Bonchev–Trinajstić information content (AvgIpc) is 2.65. The Kier molecular flexibility index (Phi) is 5.71. The molecule has 5 heteroatoms.